The van der Waals surface area contributed by atoms with Crippen molar-refractivity contribution in [3.63, 3.8) is 0 Å². The quantitative estimate of drug-likeness (QED) is 0.131. The lowest BCUT2D eigenvalue weighted by atomic mass is 9.78. The van der Waals surface area contributed by atoms with Crippen LogP contribution in [-0.2, 0) is 40.4 Å². The van der Waals surface area contributed by atoms with Crippen LogP contribution in [-0.4, -0.2) is 42.9 Å². The third-order valence-corrected chi connectivity index (χ3v) is 8.08. The number of rotatable bonds is 16. The van der Waals surface area contributed by atoms with E-state index in [1.165, 1.54) is 11.1 Å². The molecule has 234 valence electrons. The largest absolute Gasteiger partial charge is 0.495 e. The van der Waals surface area contributed by atoms with Gasteiger partial charge in [-0.15, -0.1) is 0 Å². The highest BCUT2D eigenvalue weighted by Crippen LogP contribution is 2.30. The van der Waals surface area contributed by atoms with E-state index in [-0.39, 0.29) is 18.8 Å². The summed E-state index contributed by atoms with van der Waals surface area (Å²) in [5, 5.41) is 11.1. The smallest absolute Gasteiger partial charge is 0.491 e. The molecule has 7 heteroatoms. The first-order valence-electron chi connectivity index (χ1n) is 15.9. The number of hydrogen-bond donors (Lipinski definition) is 1. The lowest BCUT2D eigenvalue weighted by Crippen LogP contribution is -2.33. The zero-order chi connectivity index (χ0) is 31.4. The minimum Gasteiger partial charge on any atom is -0.491 e. The molecule has 0 saturated carbocycles. The van der Waals surface area contributed by atoms with E-state index in [0.29, 0.717) is 37.6 Å². The van der Waals surface area contributed by atoms with E-state index in [4.69, 9.17) is 18.9 Å². The molecule has 1 aliphatic heterocycles. The maximum atomic E-state index is 11.1. The summed E-state index contributed by atoms with van der Waals surface area (Å²) in [6.45, 7) is 3.72. The van der Waals surface area contributed by atoms with E-state index in [9.17, 15) is 5.02 Å². The molecule has 0 aliphatic carbocycles. The van der Waals surface area contributed by atoms with Crippen molar-refractivity contribution < 1.29 is 23.9 Å². The van der Waals surface area contributed by atoms with Gasteiger partial charge in [-0.1, -0.05) is 133 Å². The van der Waals surface area contributed by atoms with Gasteiger partial charge >= 0.3 is 7.12 Å². The fraction of sp³-hybridized carbons (Fsp3) is 0.231. The fourth-order valence-electron chi connectivity index (χ4n) is 5.77. The molecular formula is C39H40BNO5. The maximum absolute atomic E-state index is 11.1. The number of nitrogens with zero attached hydrogens (tertiary/aromatic N) is 1. The Bertz CT molecular complexity index is 1570. The molecule has 0 amide bonds. The van der Waals surface area contributed by atoms with Crippen LogP contribution in [0.3, 0.4) is 0 Å². The molecule has 2 atom stereocenters. The van der Waals surface area contributed by atoms with Crippen molar-refractivity contribution in [2.24, 2.45) is 0 Å². The van der Waals surface area contributed by atoms with Gasteiger partial charge in [0.1, 0.15) is 18.5 Å². The average Bonchev–Trinajstić information content (AvgIpc) is 3.42. The second kappa shape index (κ2) is 16.4. The van der Waals surface area contributed by atoms with Crippen molar-refractivity contribution >= 4 is 12.6 Å². The number of ether oxygens (including phenoxy) is 3. The molecule has 0 spiro atoms. The Hall–Kier alpha value is -4.24. The first-order valence-corrected chi connectivity index (χ1v) is 15.9. The van der Waals surface area contributed by atoms with Crippen molar-refractivity contribution in [2.75, 3.05) is 19.8 Å². The van der Waals surface area contributed by atoms with E-state index in [0.717, 1.165) is 29.8 Å². The summed E-state index contributed by atoms with van der Waals surface area (Å²) in [6, 6.07) is 46.9. The molecule has 0 saturated heterocycles. The van der Waals surface area contributed by atoms with Crippen LogP contribution >= 0.6 is 0 Å². The van der Waals surface area contributed by atoms with Gasteiger partial charge in [0.2, 0.25) is 0 Å². The molecule has 5 aromatic carbocycles. The van der Waals surface area contributed by atoms with Gasteiger partial charge in [0.15, 0.2) is 0 Å². The Morgan fingerprint density at radius 1 is 0.630 bits per heavy atom. The first kappa shape index (κ1) is 31.7. The van der Waals surface area contributed by atoms with Crippen LogP contribution in [0.4, 0.5) is 0 Å². The van der Waals surface area contributed by atoms with Crippen molar-refractivity contribution in [1.82, 2.24) is 4.90 Å². The molecule has 1 heterocycles. The molecule has 0 radical (unpaired) electrons. The van der Waals surface area contributed by atoms with Crippen LogP contribution < -0.4 is 10.2 Å². The van der Waals surface area contributed by atoms with Gasteiger partial charge in [-0.2, -0.15) is 0 Å². The molecular weight excluding hydrogens is 573 g/mol. The zero-order valence-corrected chi connectivity index (χ0v) is 26.0. The molecule has 5 aromatic rings. The SMILES string of the molecule is OB1O[C@H](CN(Cc2ccccc2)Cc2ccccc2)c2cccc(OC[C@@H](COCc3ccccc3)OCc3ccccc3)c21. The van der Waals surface area contributed by atoms with E-state index in [2.05, 4.69) is 53.4 Å². The summed E-state index contributed by atoms with van der Waals surface area (Å²) in [4.78, 5) is 2.36. The topological polar surface area (TPSA) is 60.4 Å². The second-order valence-electron chi connectivity index (χ2n) is 11.6. The minimum absolute atomic E-state index is 0.267. The maximum Gasteiger partial charge on any atom is 0.495 e. The number of fused-ring (bicyclic) bond motifs is 1. The Balaban J connectivity index is 1.14. The molecule has 46 heavy (non-hydrogen) atoms. The molecule has 1 N–H and O–H groups in total. The minimum atomic E-state index is -1.08. The van der Waals surface area contributed by atoms with Gasteiger partial charge in [0.05, 0.1) is 25.9 Å². The Morgan fingerprint density at radius 3 is 1.76 bits per heavy atom. The summed E-state index contributed by atoms with van der Waals surface area (Å²) in [6.07, 6.45) is -0.623. The Labute approximate surface area is 272 Å². The average molecular weight is 614 g/mol. The second-order valence-corrected chi connectivity index (χ2v) is 11.6. The number of benzene rings is 5. The van der Waals surface area contributed by atoms with E-state index < -0.39 is 7.12 Å². The molecule has 0 aromatic heterocycles. The van der Waals surface area contributed by atoms with Crippen LogP contribution in [0.25, 0.3) is 0 Å². The van der Waals surface area contributed by atoms with Crippen LogP contribution in [0.15, 0.2) is 140 Å². The van der Waals surface area contributed by atoms with Crippen molar-refractivity contribution in [1.29, 1.82) is 0 Å². The third kappa shape index (κ3) is 8.94. The standard InChI is InChI=1S/C39H40BNO5/c42-40-39-36(38(46-40)26-41(24-31-14-5-1-6-15-31)25-32-16-7-2-8-17-32)22-13-23-37(39)45-30-35(44-28-34-20-11-4-12-21-34)29-43-27-33-18-9-3-10-19-33/h1-23,35,38,42H,24-30H2/t35-,38-/m1/s1. The van der Waals surface area contributed by atoms with Gasteiger partial charge < -0.3 is 23.9 Å². The Kier molecular flexibility index (Phi) is 11.3. The monoisotopic (exact) mass is 613 g/mol. The van der Waals surface area contributed by atoms with E-state index >= 15 is 0 Å². The highest BCUT2D eigenvalue weighted by molar-refractivity contribution is 6.62. The Morgan fingerprint density at radius 2 is 1.17 bits per heavy atom. The first-order chi connectivity index (χ1) is 22.7. The van der Waals surface area contributed by atoms with Crippen LogP contribution in [0, 0.1) is 0 Å². The summed E-state index contributed by atoms with van der Waals surface area (Å²) in [7, 11) is -1.08. The van der Waals surface area contributed by atoms with Gasteiger partial charge in [0, 0.05) is 25.1 Å². The van der Waals surface area contributed by atoms with Gasteiger partial charge in [-0.3, -0.25) is 4.90 Å². The van der Waals surface area contributed by atoms with E-state index in [1.54, 1.807) is 0 Å². The van der Waals surface area contributed by atoms with Crippen LogP contribution in [0.1, 0.15) is 33.9 Å². The molecule has 0 unspecified atom stereocenters. The van der Waals surface area contributed by atoms with Crippen LogP contribution in [0.2, 0.25) is 0 Å². The summed E-state index contributed by atoms with van der Waals surface area (Å²) in [5.41, 5.74) is 6.26. The van der Waals surface area contributed by atoms with Crippen molar-refractivity contribution in [3.8, 4) is 5.75 Å². The van der Waals surface area contributed by atoms with Crippen molar-refractivity contribution in [3.05, 3.63) is 167 Å². The van der Waals surface area contributed by atoms with Crippen molar-refractivity contribution in [2.45, 2.75) is 38.5 Å². The van der Waals surface area contributed by atoms with Crippen LogP contribution in [0.5, 0.6) is 5.75 Å². The van der Waals surface area contributed by atoms with Gasteiger partial charge in [-0.25, -0.2) is 0 Å². The predicted molar refractivity (Wildman–Crippen MR) is 181 cm³/mol. The predicted octanol–water partition coefficient (Wildman–Crippen LogP) is 6.33. The van der Waals surface area contributed by atoms with Gasteiger partial charge in [-0.05, 0) is 33.9 Å². The normalized spacial score (nSPS) is 14.7. The third-order valence-electron chi connectivity index (χ3n) is 8.08. The summed E-state index contributed by atoms with van der Waals surface area (Å²) in [5.74, 6) is 0.599. The molecule has 6 nitrogen and oxygen atoms in total. The summed E-state index contributed by atoms with van der Waals surface area (Å²) >= 11 is 0. The zero-order valence-electron chi connectivity index (χ0n) is 26.0. The fourth-order valence-corrected chi connectivity index (χ4v) is 5.77. The lowest BCUT2D eigenvalue weighted by molar-refractivity contribution is -0.0488. The summed E-state index contributed by atoms with van der Waals surface area (Å²) < 4.78 is 24.9. The highest BCUT2D eigenvalue weighted by atomic mass is 16.6. The molecule has 1 aliphatic rings. The highest BCUT2D eigenvalue weighted by Gasteiger charge is 2.38. The molecule has 0 bridgehead atoms. The van der Waals surface area contributed by atoms with E-state index in [1.807, 2.05) is 91.0 Å². The molecule has 6 rings (SSSR count). The lowest BCUT2D eigenvalue weighted by Gasteiger charge is -2.26. The van der Waals surface area contributed by atoms with Gasteiger partial charge in [0.25, 0.3) is 0 Å². The number of hydrogen-bond acceptors (Lipinski definition) is 6. The molecule has 0 fully saturated rings.